The number of rotatable bonds is 7. The van der Waals surface area contributed by atoms with Gasteiger partial charge in [0.15, 0.2) is 0 Å². The van der Waals surface area contributed by atoms with Gasteiger partial charge >= 0.3 is 0 Å². The molecule has 0 fully saturated rings. The molecule has 0 N–H and O–H groups in total. The van der Waals surface area contributed by atoms with E-state index in [0.29, 0.717) is 0 Å². The Morgan fingerprint density at radius 2 is 0.852 bits per heavy atom. The number of benzene rings is 9. The van der Waals surface area contributed by atoms with Crippen LogP contribution in [0.2, 0.25) is 0 Å². The summed E-state index contributed by atoms with van der Waals surface area (Å²) in [5.74, 6) is 0. The smallest absolute Gasteiger partial charge is 0.137 e. The van der Waals surface area contributed by atoms with Crippen LogP contribution >= 0.6 is 0 Å². The number of anilines is 3. The molecular weight excluding hydrogens is 655 g/mol. The van der Waals surface area contributed by atoms with Crippen LogP contribution < -0.4 is 4.90 Å². The first-order valence-electron chi connectivity index (χ1n) is 18.4. The van der Waals surface area contributed by atoms with Gasteiger partial charge in [-0.2, -0.15) is 0 Å². The van der Waals surface area contributed by atoms with Gasteiger partial charge < -0.3 is 9.32 Å². The molecule has 0 saturated carbocycles. The van der Waals surface area contributed by atoms with Crippen LogP contribution in [0, 0.1) is 0 Å². The van der Waals surface area contributed by atoms with Crippen molar-refractivity contribution in [2.24, 2.45) is 0 Å². The number of fused-ring (bicyclic) bond motifs is 4. The Balaban J connectivity index is 1.28. The van der Waals surface area contributed by atoms with Gasteiger partial charge in [-0.1, -0.05) is 176 Å². The van der Waals surface area contributed by atoms with Gasteiger partial charge in [-0.25, -0.2) is 0 Å². The zero-order valence-corrected chi connectivity index (χ0v) is 29.6. The molecule has 254 valence electrons. The van der Waals surface area contributed by atoms with Crippen LogP contribution in [0.15, 0.2) is 217 Å². The van der Waals surface area contributed by atoms with Crippen LogP contribution in [-0.4, -0.2) is 0 Å². The third-order valence-electron chi connectivity index (χ3n) is 10.5. The average molecular weight is 690 g/mol. The third kappa shape index (κ3) is 5.44. The lowest BCUT2D eigenvalue weighted by molar-refractivity contribution is 0.669. The molecule has 0 atom stereocenters. The van der Waals surface area contributed by atoms with Crippen molar-refractivity contribution in [3.05, 3.63) is 212 Å². The van der Waals surface area contributed by atoms with Gasteiger partial charge in [0, 0.05) is 16.3 Å². The number of hydrogen-bond donors (Lipinski definition) is 0. The Kier molecular flexibility index (Phi) is 7.85. The molecule has 2 heteroatoms. The van der Waals surface area contributed by atoms with Gasteiger partial charge in [-0.15, -0.1) is 0 Å². The molecule has 1 heterocycles. The molecule has 1 aromatic heterocycles. The van der Waals surface area contributed by atoms with Crippen molar-refractivity contribution in [2.45, 2.75) is 0 Å². The van der Waals surface area contributed by atoms with E-state index < -0.39 is 0 Å². The van der Waals surface area contributed by atoms with Gasteiger partial charge in [0.25, 0.3) is 0 Å². The number of furan rings is 1. The molecule has 0 aliphatic heterocycles. The zero-order valence-electron chi connectivity index (χ0n) is 29.6. The molecule has 0 saturated heterocycles. The predicted molar refractivity (Wildman–Crippen MR) is 228 cm³/mol. The van der Waals surface area contributed by atoms with E-state index in [9.17, 15) is 0 Å². The van der Waals surface area contributed by atoms with E-state index in [0.717, 1.165) is 50.1 Å². The van der Waals surface area contributed by atoms with Crippen LogP contribution in [0.5, 0.6) is 0 Å². The van der Waals surface area contributed by atoms with Gasteiger partial charge in [0.2, 0.25) is 0 Å². The summed E-state index contributed by atoms with van der Waals surface area (Å²) >= 11 is 0. The second kappa shape index (κ2) is 13.4. The predicted octanol–water partition coefficient (Wildman–Crippen LogP) is 14.9. The maximum absolute atomic E-state index is 6.48. The van der Waals surface area contributed by atoms with Gasteiger partial charge in [0.1, 0.15) is 11.2 Å². The summed E-state index contributed by atoms with van der Waals surface area (Å²) in [4.78, 5) is 2.44. The minimum atomic E-state index is 0.862. The molecule has 0 bridgehead atoms. The minimum Gasteiger partial charge on any atom is -0.456 e. The van der Waals surface area contributed by atoms with Crippen molar-refractivity contribution in [2.75, 3.05) is 4.90 Å². The van der Waals surface area contributed by atoms with Gasteiger partial charge in [-0.3, -0.25) is 0 Å². The van der Waals surface area contributed by atoms with E-state index in [-0.39, 0.29) is 0 Å². The number of nitrogens with zero attached hydrogens (tertiary/aromatic N) is 1. The fraction of sp³-hybridized carbons (Fsp3) is 0. The highest BCUT2D eigenvalue weighted by atomic mass is 16.3. The van der Waals surface area contributed by atoms with Crippen molar-refractivity contribution in [1.82, 2.24) is 0 Å². The summed E-state index contributed by atoms with van der Waals surface area (Å²) in [5, 5.41) is 4.54. The maximum atomic E-state index is 6.48. The summed E-state index contributed by atoms with van der Waals surface area (Å²) < 4.78 is 6.48. The molecule has 54 heavy (non-hydrogen) atoms. The zero-order chi connectivity index (χ0) is 35.8. The first-order chi connectivity index (χ1) is 26.8. The molecule has 0 aliphatic rings. The Morgan fingerprint density at radius 1 is 0.296 bits per heavy atom. The normalized spacial score (nSPS) is 11.3. The second-order valence-corrected chi connectivity index (χ2v) is 13.6. The highest BCUT2D eigenvalue weighted by Crippen LogP contribution is 2.49. The summed E-state index contributed by atoms with van der Waals surface area (Å²) in [6, 6.07) is 76.0. The molecule has 0 amide bonds. The Labute approximate surface area is 314 Å². The van der Waals surface area contributed by atoms with Crippen LogP contribution in [-0.2, 0) is 0 Å². The lowest BCUT2D eigenvalue weighted by Gasteiger charge is -2.30. The first kappa shape index (κ1) is 31.6. The topological polar surface area (TPSA) is 16.4 Å². The van der Waals surface area contributed by atoms with Crippen molar-refractivity contribution in [1.29, 1.82) is 0 Å². The van der Waals surface area contributed by atoms with E-state index in [2.05, 4.69) is 211 Å². The van der Waals surface area contributed by atoms with E-state index in [1.807, 2.05) is 6.07 Å². The monoisotopic (exact) mass is 689 g/mol. The standard InChI is InChI=1S/C52H35NO/c1-3-17-36(18-4-1)39-33-34-43(46(35-39)42-25-10-9-23-40(42)37-19-5-2-6-20-37)44-26-11-13-28-48(44)53(47-29-15-22-38-21-7-8-24-41(38)47)49-30-16-32-51-52(49)45-27-12-14-31-50(45)54-51/h1-35H. The highest BCUT2D eigenvalue weighted by molar-refractivity contribution is 6.15. The average Bonchev–Trinajstić information content (AvgIpc) is 3.64. The Morgan fingerprint density at radius 3 is 1.69 bits per heavy atom. The molecule has 2 nitrogen and oxygen atoms in total. The van der Waals surface area contributed by atoms with Crippen molar-refractivity contribution < 1.29 is 4.42 Å². The Bertz CT molecular complexity index is 2940. The molecule has 9 aromatic carbocycles. The molecular formula is C52H35NO. The molecule has 10 rings (SSSR count). The Hall–Kier alpha value is -7.16. The summed E-state index contributed by atoms with van der Waals surface area (Å²) in [6.07, 6.45) is 0. The number of para-hydroxylation sites is 2. The van der Waals surface area contributed by atoms with E-state index >= 15 is 0 Å². The van der Waals surface area contributed by atoms with Crippen molar-refractivity contribution in [3.8, 4) is 44.5 Å². The summed E-state index contributed by atoms with van der Waals surface area (Å²) in [6.45, 7) is 0. The maximum Gasteiger partial charge on any atom is 0.137 e. The minimum absolute atomic E-state index is 0.862. The summed E-state index contributed by atoms with van der Waals surface area (Å²) in [5.41, 5.74) is 14.4. The van der Waals surface area contributed by atoms with Crippen molar-refractivity contribution >= 4 is 49.8 Å². The second-order valence-electron chi connectivity index (χ2n) is 13.6. The van der Waals surface area contributed by atoms with Crippen LogP contribution in [0.25, 0.3) is 77.2 Å². The molecule has 10 aromatic rings. The van der Waals surface area contributed by atoms with Crippen LogP contribution in [0.4, 0.5) is 17.1 Å². The van der Waals surface area contributed by atoms with Crippen molar-refractivity contribution in [3.63, 3.8) is 0 Å². The van der Waals surface area contributed by atoms with E-state index in [4.69, 9.17) is 4.42 Å². The van der Waals surface area contributed by atoms with E-state index in [1.165, 1.54) is 44.2 Å². The van der Waals surface area contributed by atoms with Crippen LogP contribution in [0.3, 0.4) is 0 Å². The lowest BCUT2D eigenvalue weighted by atomic mass is 9.86. The molecule has 0 aliphatic carbocycles. The largest absolute Gasteiger partial charge is 0.456 e. The van der Waals surface area contributed by atoms with E-state index in [1.54, 1.807) is 0 Å². The molecule has 0 unspecified atom stereocenters. The molecule has 0 radical (unpaired) electrons. The number of hydrogen-bond acceptors (Lipinski definition) is 2. The van der Waals surface area contributed by atoms with Gasteiger partial charge in [-0.05, 0) is 80.7 Å². The lowest BCUT2D eigenvalue weighted by Crippen LogP contribution is -2.12. The quantitative estimate of drug-likeness (QED) is 0.166. The summed E-state index contributed by atoms with van der Waals surface area (Å²) in [7, 11) is 0. The first-order valence-corrected chi connectivity index (χ1v) is 18.4. The fourth-order valence-corrected chi connectivity index (χ4v) is 8.03. The highest BCUT2D eigenvalue weighted by Gasteiger charge is 2.24. The van der Waals surface area contributed by atoms with Gasteiger partial charge in [0.05, 0.1) is 22.4 Å². The molecule has 0 spiro atoms. The SMILES string of the molecule is c1ccc(-c2ccc(-c3ccccc3N(c3cccc4ccccc34)c3cccc4oc5ccccc5c34)c(-c3ccccc3-c3ccccc3)c2)cc1. The van der Waals surface area contributed by atoms with Crippen LogP contribution in [0.1, 0.15) is 0 Å². The fourth-order valence-electron chi connectivity index (χ4n) is 8.03. The third-order valence-corrected chi connectivity index (χ3v) is 10.5.